The van der Waals surface area contributed by atoms with Crippen LogP contribution in [0.15, 0.2) is 30.3 Å². The summed E-state index contributed by atoms with van der Waals surface area (Å²) in [6.07, 6.45) is -0.884. The van der Waals surface area contributed by atoms with Gasteiger partial charge >= 0.3 is 5.97 Å². The number of hydrogen-bond donors (Lipinski definition) is 5. The van der Waals surface area contributed by atoms with E-state index in [4.69, 9.17) is 10.8 Å². The number of carboxylic acids is 1. The number of nitrogens with one attached hydrogen (secondary N) is 2. The Kier molecular flexibility index (Phi) is 8.74. The zero-order chi connectivity index (χ0) is 19.7. The van der Waals surface area contributed by atoms with Gasteiger partial charge in [-0.25, -0.2) is 0 Å². The summed E-state index contributed by atoms with van der Waals surface area (Å²) in [6, 6.07) is 7.42. The summed E-state index contributed by atoms with van der Waals surface area (Å²) in [4.78, 5) is 35.0. The number of hydrogen-bond acceptors (Lipinski definition) is 5. The quantitative estimate of drug-likeness (QED) is 0.384. The van der Waals surface area contributed by atoms with Crippen LogP contribution < -0.4 is 16.4 Å². The van der Waals surface area contributed by atoms with E-state index >= 15 is 0 Å². The lowest BCUT2D eigenvalue weighted by atomic mass is 10.00. The van der Waals surface area contributed by atoms with Crippen LogP contribution in [-0.4, -0.2) is 52.7 Å². The molecular formula is C18H27N3O5. The van der Waals surface area contributed by atoms with E-state index in [1.807, 2.05) is 44.2 Å². The van der Waals surface area contributed by atoms with E-state index in [0.29, 0.717) is 12.8 Å². The Morgan fingerprint density at radius 1 is 1.12 bits per heavy atom. The van der Waals surface area contributed by atoms with E-state index in [1.54, 1.807) is 0 Å². The number of amides is 2. The Bertz CT molecular complexity index is 606. The van der Waals surface area contributed by atoms with Crippen LogP contribution in [0.2, 0.25) is 0 Å². The van der Waals surface area contributed by atoms with E-state index < -0.39 is 42.5 Å². The fourth-order valence-electron chi connectivity index (χ4n) is 2.44. The standard InChI is InChI=1S/C18H27N3O5/c1-11(2)8-14(17(25)20-10-15(22)23)21-18(26)16(24)13(19)9-12-6-4-3-5-7-12/h3-7,11,13-14,16,24H,8-10,19H2,1-2H3,(H,20,25)(H,21,26)(H,22,23)/t13-,14+,16+/m1/s1. The van der Waals surface area contributed by atoms with Crippen LogP contribution in [0.1, 0.15) is 25.8 Å². The molecule has 6 N–H and O–H groups in total. The largest absolute Gasteiger partial charge is 0.480 e. The molecule has 0 fully saturated rings. The number of nitrogens with two attached hydrogens (primary N) is 1. The second-order valence-electron chi connectivity index (χ2n) is 6.60. The summed E-state index contributed by atoms with van der Waals surface area (Å²) in [6.45, 7) is 3.18. The third-order valence-electron chi connectivity index (χ3n) is 3.74. The Labute approximate surface area is 152 Å². The lowest BCUT2D eigenvalue weighted by Crippen LogP contribution is -2.54. The smallest absolute Gasteiger partial charge is 0.322 e. The van der Waals surface area contributed by atoms with Crippen molar-refractivity contribution in [3.05, 3.63) is 35.9 Å². The number of carbonyl (C=O) groups excluding carboxylic acids is 2. The fourth-order valence-corrected chi connectivity index (χ4v) is 2.44. The van der Waals surface area contributed by atoms with Crippen molar-refractivity contribution >= 4 is 17.8 Å². The highest BCUT2D eigenvalue weighted by atomic mass is 16.4. The first-order valence-electron chi connectivity index (χ1n) is 8.48. The molecule has 8 heteroatoms. The minimum Gasteiger partial charge on any atom is -0.480 e. The van der Waals surface area contributed by atoms with Crippen molar-refractivity contribution in [3.63, 3.8) is 0 Å². The molecule has 2 amide bonds. The zero-order valence-electron chi connectivity index (χ0n) is 15.0. The molecule has 3 atom stereocenters. The molecule has 1 rings (SSSR count). The maximum Gasteiger partial charge on any atom is 0.322 e. The molecule has 0 saturated heterocycles. The number of carboxylic acid groups (broad SMARTS) is 1. The molecule has 0 aliphatic rings. The Balaban J connectivity index is 2.68. The van der Waals surface area contributed by atoms with E-state index in [9.17, 15) is 19.5 Å². The van der Waals surface area contributed by atoms with Gasteiger partial charge in [-0.3, -0.25) is 14.4 Å². The van der Waals surface area contributed by atoms with Crippen molar-refractivity contribution in [2.75, 3.05) is 6.54 Å². The highest BCUT2D eigenvalue weighted by Gasteiger charge is 2.28. The molecule has 0 radical (unpaired) electrons. The summed E-state index contributed by atoms with van der Waals surface area (Å²) in [7, 11) is 0. The third kappa shape index (κ3) is 7.62. The predicted octanol–water partition coefficient (Wildman–Crippen LogP) is -0.351. The van der Waals surface area contributed by atoms with Gasteiger partial charge in [0.1, 0.15) is 18.7 Å². The first-order valence-corrected chi connectivity index (χ1v) is 8.48. The summed E-state index contributed by atoms with van der Waals surface area (Å²) < 4.78 is 0. The van der Waals surface area contributed by atoms with Crippen molar-refractivity contribution in [2.45, 2.75) is 44.9 Å². The lowest BCUT2D eigenvalue weighted by molar-refractivity contribution is -0.139. The highest BCUT2D eigenvalue weighted by molar-refractivity contribution is 5.90. The Morgan fingerprint density at radius 2 is 1.73 bits per heavy atom. The van der Waals surface area contributed by atoms with Gasteiger partial charge in [0.05, 0.1) is 0 Å². The highest BCUT2D eigenvalue weighted by Crippen LogP contribution is 2.08. The second kappa shape index (κ2) is 10.5. The summed E-state index contributed by atoms with van der Waals surface area (Å²) in [5, 5.41) is 23.5. The Morgan fingerprint density at radius 3 is 2.27 bits per heavy atom. The molecule has 8 nitrogen and oxygen atoms in total. The molecule has 0 aliphatic heterocycles. The first kappa shape index (κ1) is 21.6. The maximum atomic E-state index is 12.3. The van der Waals surface area contributed by atoms with Gasteiger partial charge in [0.15, 0.2) is 0 Å². The van der Waals surface area contributed by atoms with Crippen LogP contribution in [0.3, 0.4) is 0 Å². The van der Waals surface area contributed by atoms with E-state index in [0.717, 1.165) is 5.56 Å². The molecule has 0 bridgehead atoms. The zero-order valence-corrected chi connectivity index (χ0v) is 15.0. The molecular weight excluding hydrogens is 338 g/mol. The molecule has 0 heterocycles. The van der Waals surface area contributed by atoms with Gasteiger partial charge in [0.2, 0.25) is 5.91 Å². The number of aliphatic hydroxyl groups is 1. The minimum atomic E-state index is -1.49. The molecule has 0 aromatic heterocycles. The van der Waals surface area contributed by atoms with Gasteiger partial charge in [-0.1, -0.05) is 44.2 Å². The first-order chi connectivity index (χ1) is 12.2. The molecule has 0 unspecified atom stereocenters. The molecule has 0 aliphatic carbocycles. The molecule has 0 spiro atoms. The lowest BCUT2D eigenvalue weighted by Gasteiger charge is -2.23. The number of aliphatic hydroxyl groups excluding tert-OH is 1. The fraction of sp³-hybridized carbons (Fsp3) is 0.500. The number of rotatable bonds is 10. The van der Waals surface area contributed by atoms with Crippen molar-refractivity contribution in [1.29, 1.82) is 0 Å². The van der Waals surface area contributed by atoms with Gasteiger partial charge in [-0.05, 0) is 24.3 Å². The number of carbonyl (C=O) groups is 3. The maximum absolute atomic E-state index is 12.3. The van der Waals surface area contributed by atoms with Crippen molar-refractivity contribution in [2.24, 2.45) is 11.7 Å². The van der Waals surface area contributed by atoms with E-state index in [-0.39, 0.29) is 5.92 Å². The van der Waals surface area contributed by atoms with Gasteiger partial charge < -0.3 is 26.6 Å². The SMILES string of the molecule is CC(C)C[C@H](NC(=O)[C@@H](O)[C@H](N)Cc1ccccc1)C(=O)NCC(=O)O. The monoisotopic (exact) mass is 365 g/mol. The van der Waals surface area contributed by atoms with Crippen LogP contribution in [0.25, 0.3) is 0 Å². The molecule has 26 heavy (non-hydrogen) atoms. The molecule has 1 aromatic rings. The van der Waals surface area contributed by atoms with Crippen LogP contribution >= 0.6 is 0 Å². The van der Waals surface area contributed by atoms with E-state index in [2.05, 4.69) is 10.6 Å². The number of benzene rings is 1. The second-order valence-corrected chi connectivity index (χ2v) is 6.60. The minimum absolute atomic E-state index is 0.0750. The van der Waals surface area contributed by atoms with Crippen molar-refractivity contribution in [1.82, 2.24) is 10.6 Å². The normalized spacial score (nSPS) is 14.3. The van der Waals surface area contributed by atoms with Gasteiger partial charge in [-0.15, -0.1) is 0 Å². The topological polar surface area (TPSA) is 142 Å². The molecule has 0 saturated carbocycles. The predicted molar refractivity (Wildman–Crippen MR) is 96.2 cm³/mol. The van der Waals surface area contributed by atoms with Crippen LogP contribution in [0, 0.1) is 5.92 Å². The summed E-state index contributed by atoms with van der Waals surface area (Å²) >= 11 is 0. The number of aliphatic carboxylic acids is 1. The molecule has 1 aromatic carbocycles. The van der Waals surface area contributed by atoms with Crippen LogP contribution in [0.4, 0.5) is 0 Å². The van der Waals surface area contributed by atoms with E-state index in [1.165, 1.54) is 0 Å². The summed E-state index contributed by atoms with van der Waals surface area (Å²) in [5.74, 6) is -2.48. The average Bonchev–Trinajstić information content (AvgIpc) is 2.58. The van der Waals surface area contributed by atoms with Crippen LogP contribution in [-0.2, 0) is 20.8 Å². The van der Waals surface area contributed by atoms with Crippen molar-refractivity contribution < 1.29 is 24.6 Å². The van der Waals surface area contributed by atoms with Crippen LogP contribution in [0.5, 0.6) is 0 Å². The van der Waals surface area contributed by atoms with Gasteiger partial charge in [0.25, 0.3) is 5.91 Å². The Hall–Kier alpha value is -2.45. The van der Waals surface area contributed by atoms with Crippen molar-refractivity contribution in [3.8, 4) is 0 Å². The average molecular weight is 365 g/mol. The third-order valence-corrected chi connectivity index (χ3v) is 3.74. The summed E-state index contributed by atoms with van der Waals surface area (Å²) in [5.41, 5.74) is 6.79. The van der Waals surface area contributed by atoms with Gasteiger partial charge in [0, 0.05) is 6.04 Å². The van der Waals surface area contributed by atoms with Gasteiger partial charge in [-0.2, -0.15) is 0 Å². The molecule has 144 valence electrons.